The van der Waals surface area contributed by atoms with Gasteiger partial charge in [-0.25, -0.2) is 8.42 Å². The summed E-state index contributed by atoms with van der Waals surface area (Å²) >= 11 is 6.58. The van der Waals surface area contributed by atoms with Gasteiger partial charge >= 0.3 is 6.18 Å². The predicted molar refractivity (Wildman–Crippen MR) is 134 cm³/mol. The van der Waals surface area contributed by atoms with Crippen LogP contribution in [0.5, 0.6) is 5.75 Å². The van der Waals surface area contributed by atoms with E-state index in [-0.39, 0.29) is 36.5 Å². The van der Waals surface area contributed by atoms with E-state index >= 15 is 0 Å². The molecule has 2 aromatic rings. The summed E-state index contributed by atoms with van der Waals surface area (Å²) in [7, 11) is -1.81. The molecule has 0 saturated heterocycles. The molecule has 0 atom stereocenters. The molecule has 1 saturated carbocycles. The van der Waals surface area contributed by atoms with Crippen LogP contribution < -0.4 is 10.1 Å². The number of sulfone groups is 1. The van der Waals surface area contributed by atoms with Gasteiger partial charge in [-0.3, -0.25) is 9.48 Å². The minimum Gasteiger partial charge on any atom is -0.496 e. The molecule has 8 nitrogen and oxygen atoms in total. The Morgan fingerprint density at radius 2 is 1.97 bits per heavy atom. The average Bonchev–Trinajstić information content (AvgIpc) is 3.16. The van der Waals surface area contributed by atoms with Crippen LogP contribution in [0.4, 0.5) is 13.2 Å². The highest BCUT2D eigenvalue weighted by molar-refractivity contribution is 7.91. The summed E-state index contributed by atoms with van der Waals surface area (Å²) in [6, 6.07) is 4.64. The van der Waals surface area contributed by atoms with Crippen LogP contribution in [0.2, 0.25) is 5.02 Å². The van der Waals surface area contributed by atoms with Gasteiger partial charge in [-0.1, -0.05) is 17.7 Å². The number of methoxy groups -OCH3 is 1. The average molecular weight is 566 g/mol. The smallest absolute Gasteiger partial charge is 0.389 e. The van der Waals surface area contributed by atoms with Gasteiger partial charge in [0, 0.05) is 31.3 Å². The molecule has 1 aromatic heterocycles. The molecule has 1 aliphatic carbocycles. The van der Waals surface area contributed by atoms with Crippen LogP contribution in [0.25, 0.3) is 11.3 Å². The second-order valence-electron chi connectivity index (χ2n) is 9.41. The van der Waals surface area contributed by atoms with E-state index in [9.17, 15) is 31.5 Å². The Labute approximate surface area is 219 Å². The summed E-state index contributed by atoms with van der Waals surface area (Å²) in [5.41, 5.74) is -0.0339. The number of nitrogens with one attached hydrogen (secondary N) is 1. The molecule has 37 heavy (non-hydrogen) atoms. The largest absolute Gasteiger partial charge is 0.496 e. The minimum atomic E-state index is -4.28. The Balaban J connectivity index is 1.79. The number of aromatic nitrogens is 2. The van der Waals surface area contributed by atoms with Crippen molar-refractivity contribution in [2.45, 2.75) is 69.0 Å². The van der Waals surface area contributed by atoms with E-state index in [0.717, 1.165) is 0 Å². The summed E-state index contributed by atoms with van der Waals surface area (Å²) < 4.78 is 68.3. The highest BCUT2D eigenvalue weighted by Crippen LogP contribution is 2.38. The molecule has 0 unspecified atom stereocenters. The molecule has 0 radical (unpaired) electrons. The van der Waals surface area contributed by atoms with E-state index in [1.807, 2.05) is 0 Å². The lowest BCUT2D eigenvalue weighted by atomic mass is 9.84. The summed E-state index contributed by atoms with van der Waals surface area (Å²) in [5.74, 6) is -0.321. The zero-order valence-electron chi connectivity index (χ0n) is 20.9. The maximum Gasteiger partial charge on any atom is 0.389 e. The van der Waals surface area contributed by atoms with Crippen molar-refractivity contribution >= 4 is 27.3 Å². The van der Waals surface area contributed by atoms with E-state index in [1.165, 1.54) is 24.1 Å². The van der Waals surface area contributed by atoms with Gasteiger partial charge in [0.25, 0.3) is 5.91 Å². The highest BCUT2D eigenvalue weighted by atomic mass is 35.5. The Kier molecular flexibility index (Phi) is 8.86. The van der Waals surface area contributed by atoms with Crippen LogP contribution in [0, 0.1) is 0 Å². The van der Waals surface area contributed by atoms with Gasteiger partial charge in [0.05, 0.1) is 28.7 Å². The number of halogens is 4. The fourth-order valence-electron chi connectivity index (χ4n) is 4.51. The van der Waals surface area contributed by atoms with Crippen molar-refractivity contribution in [1.82, 2.24) is 15.1 Å². The lowest BCUT2D eigenvalue weighted by Crippen LogP contribution is -2.47. The zero-order chi connectivity index (χ0) is 27.6. The molecule has 1 heterocycles. The van der Waals surface area contributed by atoms with Gasteiger partial charge in [-0.15, -0.1) is 0 Å². The second kappa shape index (κ2) is 11.2. The number of rotatable bonds is 9. The van der Waals surface area contributed by atoms with Crippen LogP contribution in [0.3, 0.4) is 0 Å². The maximum absolute atomic E-state index is 13.0. The van der Waals surface area contributed by atoms with Gasteiger partial charge in [0.2, 0.25) is 0 Å². The van der Waals surface area contributed by atoms with E-state index in [4.69, 9.17) is 16.3 Å². The number of alkyl halides is 3. The molecule has 206 valence electrons. The van der Waals surface area contributed by atoms with E-state index in [2.05, 4.69) is 10.4 Å². The van der Waals surface area contributed by atoms with Crippen LogP contribution in [-0.4, -0.2) is 66.1 Å². The Bertz CT molecular complexity index is 1240. The van der Waals surface area contributed by atoms with Crippen molar-refractivity contribution in [2.24, 2.45) is 0 Å². The van der Waals surface area contributed by atoms with Crippen LogP contribution in [0.15, 0.2) is 18.2 Å². The van der Waals surface area contributed by atoms with Crippen LogP contribution in [-0.2, 0) is 22.8 Å². The van der Waals surface area contributed by atoms with Gasteiger partial charge < -0.3 is 15.2 Å². The first-order chi connectivity index (χ1) is 17.2. The molecule has 1 aromatic carbocycles. The van der Waals surface area contributed by atoms with E-state index < -0.39 is 39.2 Å². The molecule has 0 bridgehead atoms. The molecule has 3 rings (SSSR count). The summed E-state index contributed by atoms with van der Waals surface area (Å²) in [6.45, 7) is 2.05. The molecule has 1 fully saturated rings. The molecule has 1 amide bonds. The SMILES string of the molecule is CCn1nc(C(=O)NC[C@]2(O)CC[C@@H](S(C)(=O)=O)CC2)c(Cl)c1-c1ccc(CCC(F)(F)F)cc1OC. The van der Waals surface area contributed by atoms with Crippen molar-refractivity contribution in [3.05, 3.63) is 34.5 Å². The number of carbonyl (C=O) groups excluding carboxylic acids is 1. The summed E-state index contributed by atoms with van der Waals surface area (Å²) in [5, 5.41) is 17.3. The fourth-order valence-corrected chi connectivity index (χ4v) is 5.92. The first-order valence-electron chi connectivity index (χ1n) is 11.9. The number of hydrogen-bond acceptors (Lipinski definition) is 6. The predicted octanol–water partition coefficient (Wildman–Crippen LogP) is 4.18. The fraction of sp³-hybridized carbons (Fsp3) is 0.583. The van der Waals surface area contributed by atoms with Gasteiger partial charge in [-0.05, 0) is 56.7 Å². The molecular weight excluding hydrogens is 535 g/mol. The number of benzene rings is 1. The third-order valence-corrected chi connectivity index (χ3v) is 8.71. The number of nitrogens with zero attached hydrogens (tertiary/aromatic N) is 2. The summed E-state index contributed by atoms with van der Waals surface area (Å²) in [4.78, 5) is 13.0. The standard InChI is InChI=1S/C24H31ClF3N3O5S/c1-4-31-21(17-6-5-15(13-18(17)36-2)7-12-24(26,27)28)19(25)20(30-31)22(32)29-14-23(33)10-8-16(9-11-23)37(3,34)35/h5-6,13,16,33H,4,7-12,14H2,1-3H3,(H,29,32)/t16-,23+. The van der Waals surface area contributed by atoms with Crippen LogP contribution in [0.1, 0.15) is 55.1 Å². The van der Waals surface area contributed by atoms with Crippen molar-refractivity contribution in [2.75, 3.05) is 19.9 Å². The van der Waals surface area contributed by atoms with Gasteiger partial charge in [0.1, 0.15) is 15.6 Å². The summed E-state index contributed by atoms with van der Waals surface area (Å²) in [6.07, 6.45) is -3.20. The van der Waals surface area contributed by atoms with Crippen molar-refractivity contribution in [1.29, 1.82) is 0 Å². The Hall–Kier alpha value is -2.31. The molecular formula is C24H31ClF3N3O5S. The lowest BCUT2D eigenvalue weighted by molar-refractivity contribution is -0.134. The third kappa shape index (κ3) is 7.17. The second-order valence-corrected chi connectivity index (χ2v) is 12.1. The van der Waals surface area contributed by atoms with Gasteiger partial charge in [-0.2, -0.15) is 18.3 Å². The molecule has 1 aliphatic rings. The molecule has 13 heteroatoms. The third-order valence-electron chi connectivity index (χ3n) is 6.67. The van der Waals surface area contributed by atoms with Crippen molar-refractivity contribution in [3.8, 4) is 17.0 Å². The zero-order valence-corrected chi connectivity index (χ0v) is 22.4. The highest BCUT2D eigenvalue weighted by Gasteiger charge is 2.37. The van der Waals surface area contributed by atoms with Crippen molar-refractivity contribution < 1.29 is 36.2 Å². The van der Waals surface area contributed by atoms with Gasteiger partial charge in [0.15, 0.2) is 5.69 Å². The van der Waals surface area contributed by atoms with Crippen LogP contribution >= 0.6 is 11.6 Å². The minimum absolute atomic E-state index is 0.0356. The monoisotopic (exact) mass is 565 g/mol. The number of amides is 1. The normalized spacial score (nSPS) is 20.6. The van der Waals surface area contributed by atoms with E-state index in [1.54, 1.807) is 19.1 Å². The lowest BCUT2D eigenvalue weighted by Gasteiger charge is -2.35. The molecule has 2 N–H and O–H groups in total. The number of aryl methyl sites for hydroxylation is 2. The number of carbonyl (C=O) groups is 1. The first-order valence-corrected chi connectivity index (χ1v) is 14.2. The Morgan fingerprint density at radius 1 is 1.32 bits per heavy atom. The first kappa shape index (κ1) is 29.2. The topological polar surface area (TPSA) is 111 Å². The Morgan fingerprint density at radius 3 is 2.51 bits per heavy atom. The number of hydrogen-bond donors (Lipinski definition) is 2. The number of ether oxygens (including phenoxy) is 1. The maximum atomic E-state index is 13.0. The quantitative estimate of drug-likeness (QED) is 0.472. The molecule has 0 aliphatic heterocycles. The van der Waals surface area contributed by atoms with Crippen molar-refractivity contribution in [3.63, 3.8) is 0 Å². The molecule has 0 spiro atoms. The van der Waals surface area contributed by atoms with E-state index in [0.29, 0.717) is 42.0 Å². The number of aliphatic hydroxyl groups is 1.